The van der Waals surface area contributed by atoms with Gasteiger partial charge in [0.1, 0.15) is 6.61 Å². The number of esters is 1. The van der Waals surface area contributed by atoms with Crippen molar-refractivity contribution in [2.45, 2.75) is 19.9 Å². The SMILES string of the molecule is CC1(C)C(c2ccccc2)=NN(c2ccccc2)C1COC(=O)c1cccc(Cl)c1. The average molecular weight is 419 g/mol. The van der Waals surface area contributed by atoms with Gasteiger partial charge in [0, 0.05) is 10.4 Å². The van der Waals surface area contributed by atoms with Gasteiger partial charge < -0.3 is 4.74 Å². The van der Waals surface area contributed by atoms with Crippen LogP contribution >= 0.6 is 11.6 Å². The summed E-state index contributed by atoms with van der Waals surface area (Å²) >= 11 is 6.02. The van der Waals surface area contributed by atoms with E-state index >= 15 is 0 Å². The minimum Gasteiger partial charge on any atom is -0.460 e. The highest BCUT2D eigenvalue weighted by Gasteiger charge is 2.46. The summed E-state index contributed by atoms with van der Waals surface area (Å²) < 4.78 is 5.73. The Morgan fingerprint density at radius 1 is 1.00 bits per heavy atom. The first-order chi connectivity index (χ1) is 14.5. The predicted molar refractivity (Wildman–Crippen MR) is 121 cm³/mol. The van der Waals surface area contributed by atoms with Crippen LogP contribution in [0, 0.1) is 5.41 Å². The molecule has 0 N–H and O–H groups in total. The molecule has 0 bridgehead atoms. The molecule has 0 aliphatic carbocycles. The molecule has 1 aliphatic rings. The van der Waals surface area contributed by atoms with E-state index in [4.69, 9.17) is 21.4 Å². The van der Waals surface area contributed by atoms with Gasteiger partial charge in [-0.25, -0.2) is 4.79 Å². The van der Waals surface area contributed by atoms with Crippen LogP contribution in [0.2, 0.25) is 5.02 Å². The molecule has 1 unspecified atom stereocenters. The quantitative estimate of drug-likeness (QED) is 0.490. The molecule has 0 fully saturated rings. The standard InChI is InChI=1S/C25H23ClN2O2/c1-25(2)22(17-30-24(29)19-12-9-13-20(26)16-19)28(21-14-7-4-8-15-21)27-23(25)18-10-5-3-6-11-18/h3-16,22H,17H2,1-2H3. The molecule has 4 rings (SSSR count). The number of benzene rings is 3. The van der Waals surface area contributed by atoms with Crippen LogP contribution in [0.15, 0.2) is 90.0 Å². The Kier molecular flexibility index (Phi) is 5.60. The summed E-state index contributed by atoms with van der Waals surface area (Å²) in [4.78, 5) is 12.6. The maximum atomic E-state index is 12.6. The van der Waals surface area contributed by atoms with Crippen molar-refractivity contribution < 1.29 is 9.53 Å². The normalized spacial score (nSPS) is 17.5. The lowest BCUT2D eigenvalue weighted by atomic mass is 9.78. The van der Waals surface area contributed by atoms with Crippen LogP contribution in [-0.2, 0) is 4.74 Å². The zero-order valence-corrected chi connectivity index (χ0v) is 17.7. The van der Waals surface area contributed by atoms with Gasteiger partial charge >= 0.3 is 5.97 Å². The maximum absolute atomic E-state index is 12.6. The Labute approximate surface area is 181 Å². The molecule has 0 aromatic heterocycles. The van der Waals surface area contributed by atoms with Crippen LogP contribution in [0.3, 0.4) is 0 Å². The number of para-hydroxylation sites is 1. The fraction of sp³-hybridized carbons (Fsp3) is 0.200. The Morgan fingerprint density at radius 3 is 2.33 bits per heavy atom. The van der Waals surface area contributed by atoms with E-state index in [9.17, 15) is 4.79 Å². The number of halogens is 1. The Hall–Kier alpha value is -3.11. The Bertz CT molecular complexity index is 1060. The van der Waals surface area contributed by atoms with Crippen molar-refractivity contribution in [3.05, 3.63) is 101 Å². The lowest BCUT2D eigenvalue weighted by Crippen LogP contribution is -2.44. The van der Waals surface area contributed by atoms with Crippen molar-refractivity contribution in [1.29, 1.82) is 0 Å². The average Bonchev–Trinajstić information content (AvgIpc) is 3.03. The molecular weight excluding hydrogens is 396 g/mol. The van der Waals surface area contributed by atoms with E-state index < -0.39 is 5.97 Å². The molecule has 0 amide bonds. The summed E-state index contributed by atoms with van der Waals surface area (Å²) in [6.07, 6.45) is 0. The van der Waals surface area contributed by atoms with Gasteiger partial charge in [0.15, 0.2) is 0 Å². The van der Waals surface area contributed by atoms with E-state index in [0.29, 0.717) is 10.6 Å². The number of hydrazone groups is 1. The summed E-state index contributed by atoms with van der Waals surface area (Å²) in [5.74, 6) is -0.394. The third-order valence-electron chi connectivity index (χ3n) is 5.45. The highest BCUT2D eigenvalue weighted by Crippen LogP contribution is 2.39. The highest BCUT2D eigenvalue weighted by molar-refractivity contribution is 6.30. The van der Waals surface area contributed by atoms with Crippen LogP contribution in [0.25, 0.3) is 0 Å². The second-order valence-corrected chi connectivity index (χ2v) is 8.28. The smallest absolute Gasteiger partial charge is 0.338 e. The second kappa shape index (κ2) is 8.33. The third-order valence-corrected chi connectivity index (χ3v) is 5.68. The Morgan fingerprint density at radius 2 is 1.67 bits per heavy atom. The molecule has 3 aromatic carbocycles. The third kappa shape index (κ3) is 3.96. The largest absolute Gasteiger partial charge is 0.460 e. The van der Waals surface area contributed by atoms with Crippen LogP contribution in [-0.4, -0.2) is 24.3 Å². The van der Waals surface area contributed by atoms with Crippen molar-refractivity contribution >= 4 is 29.0 Å². The molecule has 1 heterocycles. The summed E-state index contributed by atoms with van der Waals surface area (Å²) in [5.41, 5.74) is 3.09. The minimum atomic E-state index is -0.394. The van der Waals surface area contributed by atoms with E-state index in [1.165, 1.54) is 0 Å². The zero-order chi connectivity index (χ0) is 21.1. The first kappa shape index (κ1) is 20.2. The summed E-state index contributed by atoms with van der Waals surface area (Å²) in [6, 6.07) is 26.7. The molecule has 30 heavy (non-hydrogen) atoms. The Balaban J connectivity index is 1.63. The summed E-state index contributed by atoms with van der Waals surface area (Å²) in [7, 11) is 0. The molecule has 1 aliphatic heterocycles. The highest BCUT2D eigenvalue weighted by atomic mass is 35.5. The van der Waals surface area contributed by atoms with Gasteiger partial charge in [-0.1, -0.05) is 80.0 Å². The van der Waals surface area contributed by atoms with Crippen LogP contribution in [0.1, 0.15) is 29.8 Å². The lowest BCUT2D eigenvalue weighted by Gasteiger charge is -2.32. The van der Waals surface area contributed by atoms with Gasteiger partial charge in [-0.3, -0.25) is 5.01 Å². The van der Waals surface area contributed by atoms with Gasteiger partial charge in [0.2, 0.25) is 0 Å². The minimum absolute atomic E-state index is 0.154. The van der Waals surface area contributed by atoms with Crippen molar-refractivity contribution in [2.24, 2.45) is 10.5 Å². The van der Waals surface area contributed by atoms with Gasteiger partial charge in [-0.15, -0.1) is 0 Å². The van der Waals surface area contributed by atoms with Gasteiger partial charge in [-0.2, -0.15) is 5.10 Å². The number of carbonyl (C=O) groups excluding carboxylic acids is 1. The molecule has 4 nitrogen and oxygen atoms in total. The summed E-state index contributed by atoms with van der Waals surface area (Å²) in [5, 5.41) is 7.44. The number of nitrogens with zero attached hydrogens (tertiary/aromatic N) is 2. The van der Waals surface area contributed by atoms with Crippen molar-refractivity contribution in [3.8, 4) is 0 Å². The number of ether oxygens (including phenoxy) is 1. The van der Waals surface area contributed by atoms with Crippen LogP contribution in [0.5, 0.6) is 0 Å². The molecular formula is C25H23ClN2O2. The lowest BCUT2D eigenvalue weighted by molar-refractivity contribution is 0.0450. The number of anilines is 1. The molecule has 0 saturated heterocycles. The molecule has 152 valence electrons. The number of hydrogen-bond donors (Lipinski definition) is 0. The first-order valence-corrected chi connectivity index (χ1v) is 10.3. The summed E-state index contributed by atoms with van der Waals surface area (Å²) in [6.45, 7) is 4.48. The predicted octanol–water partition coefficient (Wildman–Crippen LogP) is 5.82. The fourth-order valence-corrected chi connectivity index (χ4v) is 3.94. The van der Waals surface area contributed by atoms with Gasteiger partial charge in [0.05, 0.1) is 23.0 Å². The van der Waals surface area contributed by atoms with Crippen molar-refractivity contribution in [1.82, 2.24) is 0 Å². The topological polar surface area (TPSA) is 41.9 Å². The molecule has 5 heteroatoms. The number of rotatable bonds is 5. The molecule has 3 aromatic rings. The van der Waals surface area contributed by atoms with E-state index in [2.05, 4.69) is 26.0 Å². The van der Waals surface area contributed by atoms with Crippen molar-refractivity contribution in [2.75, 3.05) is 11.6 Å². The monoisotopic (exact) mass is 418 g/mol. The fourth-order valence-electron chi connectivity index (χ4n) is 3.75. The maximum Gasteiger partial charge on any atom is 0.338 e. The first-order valence-electron chi connectivity index (χ1n) is 9.88. The molecule has 0 spiro atoms. The second-order valence-electron chi connectivity index (χ2n) is 7.84. The molecule has 1 atom stereocenters. The van der Waals surface area contributed by atoms with Crippen molar-refractivity contribution in [3.63, 3.8) is 0 Å². The molecule has 0 saturated carbocycles. The number of carbonyl (C=O) groups is 1. The van der Waals surface area contributed by atoms with Crippen LogP contribution < -0.4 is 5.01 Å². The number of hydrogen-bond acceptors (Lipinski definition) is 4. The van der Waals surface area contributed by atoms with E-state index in [0.717, 1.165) is 17.0 Å². The zero-order valence-electron chi connectivity index (χ0n) is 17.0. The van der Waals surface area contributed by atoms with E-state index in [1.807, 2.05) is 53.5 Å². The van der Waals surface area contributed by atoms with Gasteiger partial charge in [-0.05, 0) is 35.9 Å². The van der Waals surface area contributed by atoms with Crippen LogP contribution in [0.4, 0.5) is 5.69 Å². The van der Waals surface area contributed by atoms with Gasteiger partial charge in [0.25, 0.3) is 0 Å². The molecule has 0 radical (unpaired) electrons. The van der Waals surface area contributed by atoms with E-state index in [1.54, 1.807) is 24.3 Å². The van der Waals surface area contributed by atoms with E-state index in [-0.39, 0.29) is 18.1 Å².